The van der Waals surface area contributed by atoms with Crippen molar-refractivity contribution in [2.45, 2.75) is 6.42 Å². The van der Waals surface area contributed by atoms with E-state index in [4.69, 9.17) is 11.6 Å². The van der Waals surface area contributed by atoms with Crippen molar-refractivity contribution in [1.82, 2.24) is 15.1 Å². The fourth-order valence-corrected chi connectivity index (χ4v) is 2.66. The van der Waals surface area contributed by atoms with Crippen molar-refractivity contribution >= 4 is 34.9 Å². The molecule has 3 N–H and O–H groups in total. The summed E-state index contributed by atoms with van der Waals surface area (Å²) in [6.45, 7) is 0.903. The molecule has 23 heavy (non-hydrogen) atoms. The zero-order valence-electron chi connectivity index (χ0n) is 12.3. The summed E-state index contributed by atoms with van der Waals surface area (Å²) in [6.07, 6.45) is 3.77. The Morgan fingerprint density at radius 2 is 2.13 bits per heavy atom. The van der Waals surface area contributed by atoms with Crippen LogP contribution in [0.15, 0.2) is 36.7 Å². The van der Waals surface area contributed by atoms with Gasteiger partial charge in [-0.3, -0.25) is 9.89 Å². The van der Waals surface area contributed by atoms with Crippen molar-refractivity contribution in [2.75, 3.05) is 23.7 Å². The van der Waals surface area contributed by atoms with E-state index >= 15 is 0 Å². The predicted molar refractivity (Wildman–Crippen MR) is 87.4 cm³/mol. The molecule has 3 rings (SSSR count). The lowest BCUT2D eigenvalue weighted by atomic mass is 10.1. The van der Waals surface area contributed by atoms with Gasteiger partial charge in [0.1, 0.15) is 0 Å². The molecule has 0 aliphatic carbocycles. The van der Waals surface area contributed by atoms with Crippen LogP contribution < -0.4 is 10.6 Å². The number of likely N-dealkylation sites (tertiary alicyclic amines) is 1. The molecule has 2 heterocycles. The van der Waals surface area contributed by atoms with Crippen molar-refractivity contribution in [1.29, 1.82) is 0 Å². The summed E-state index contributed by atoms with van der Waals surface area (Å²) in [4.78, 5) is 26.0. The third kappa shape index (κ3) is 3.62. The van der Waals surface area contributed by atoms with Crippen LogP contribution in [0.3, 0.4) is 0 Å². The molecule has 1 aliphatic heterocycles. The number of benzene rings is 1. The van der Waals surface area contributed by atoms with Gasteiger partial charge < -0.3 is 15.5 Å². The van der Waals surface area contributed by atoms with E-state index in [0.717, 1.165) is 0 Å². The van der Waals surface area contributed by atoms with Crippen molar-refractivity contribution in [3.63, 3.8) is 0 Å². The lowest BCUT2D eigenvalue weighted by Gasteiger charge is -2.17. The minimum absolute atomic E-state index is 0.112. The Labute approximate surface area is 138 Å². The third-order valence-electron chi connectivity index (χ3n) is 3.73. The molecule has 2 aromatic rings. The second kappa shape index (κ2) is 6.70. The van der Waals surface area contributed by atoms with Crippen LogP contribution in [0.1, 0.15) is 6.42 Å². The number of carbonyl (C=O) groups is 2. The van der Waals surface area contributed by atoms with Crippen LogP contribution in [-0.2, 0) is 4.79 Å². The lowest BCUT2D eigenvalue weighted by molar-refractivity contribution is -0.119. The van der Waals surface area contributed by atoms with E-state index in [1.54, 1.807) is 35.4 Å². The fraction of sp³-hybridized carbons (Fsp3) is 0.267. The van der Waals surface area contributed by atoms with Crippen molar-refractivity contribution in [2.24, 2.45) is 5.92 Å². The van der Waals surface area contributed by atoms with Crippen LogP contribution in [-0.4, -0.2) is 40.1 Å². The number of nitrogens with zero attached hydrogens (tertiary/aromatic N) is 2. The summed E-state index contributed by atoms with van der Waals surface area (Å²) in [5.74, 6) is -0.346. The van der Waals surface area contributed by atoms with Crippen LogP contribution in [0.5, 0.6) is 0 Å². The molecular weight excluding hydrogens is 318 g/mol. The summed E-state index contributed by atoms with van der Waals surface area (Å²) in [6, 6.07) is 6.79. The molecule has 1 aromatic heterocycles. The maximum atomic E-state index is 12.3. The molecule has 0 unspecified atom stereocenters. The first-order valence-electron chi connectivity index (χ1n) is 7.23. The van der Waals surface area contributed by atoms with E-state index in [1.807, 2.05) is 0 Å². The minimum Gasteiger partial charge on any atom is -0.324 e. The molecule has 120 valence electrons. The summed E-state index contributed by atoms with van der Waals surface area (Å²) in [5.41, 5.74) is 1.18. The highest BCUT2D eigenvalue weighted by atomic mass is 35.5. The van der Waals surface area contributed by atoms with Gasteiger partial charge in [-0.2, -0.15) is 5.10 Å². The van der Waals surface area contributed by atoms with Gasteiger partial charge in [-0.15, -0.1) is 0 Å². The molecule has 1 aromatic carbocycles. The largest absolute Gasteiger partial charge is 0.324 e. The second-order valence-corrected chi connectivity index (χ2v) is 5.73. The van der Waals surface area contributed by atoms with Crippen LogP contribution in [0, 0.1) is 5.92 Å². The van der Waals surface area contributed by atoms with E-state index < -0.39 is 0 Å². The predicted octanol–water partition coefficient (Wildman–Crippen LogP) is 2.56. The highest BCUT2D eigenvalue weighted by Crippen LogP contribution is 2.23. The van der Waals surface area contributed by atoms with Gasteiger partial charge in [-0.25, -0.2) is 4.79 Å². The second-order valence-electron chi connectivity index (χ2n) is 5.32. The Bertz CT molecular complexity index is 704. The first kappa shape index (κ1) is 15.4. The fourth-order valence-electron chi connectivity index (χ4n) is 2.48. The Morgan fingerprint density at radius 3 is 2.87 bits per heavy atom. The highest BCUT2D eigenvalue weighted by Gasteiger charge is 2.31. The molecule has 0 spiro atoms. The van der Waals surface area contributed by atoms with E-state index in [-0.39, 0.29) is 17.9 Å². The van der Waals surface area contributed by atoms with Gasteiger partial charge in [0.05, 0.1) is 28.5 Å². The number of nitrogens with one attached hydrogen (secondary N) is 3. The molecule has 3 amide bonds. The number of aromatic amines is 1. The zero-order valence-corrected chi connectivity index (χ0v) is 13.0. The van der Waals surface area contributed by atoms with E-state index in [2.05, 4.69) is 20.8 Å². The Kier molecular flexibility index (Phi) is 4.47. The Hall–Kier alpha value is -2.54. The van der Waals surface area contributed by atoms with Crippen LogP contribution in [0.4, 0.5) is 16.2 Å². The molecule has 8 heteroatoms. The number of aromatic nitrogens is 2. The van der Waals surface area contributed by atoms with E-state index in [0.29, 0.717) is 35.9 Å². The molecule has 1 atom stereocenters. The van der Waals surface area contributed by atoms with Gasteiger partial charge in [0.2, 0.25) is 5.91 Å². The standard InChI is InChI=1S/C15H16ClN5O2/c16-12-3-1-2-4-13(12)20-15(23)21-6-5-10(9-21)14(22)19-11-7-17-18-8-11/h1-4,7-8,10H,5-6,9H2,(H,17,18)(H,19,22)(H,20,23)/t10-/m0/s1. The van der Waals surface area contributed by atoms with Gasteiger partial charge in [0, 0.05) is 19.3 Å². The average molecular weight is 334 g/mol. The topological polar surface area (TPSA) is 90.1 Å². The quantitative estimate of drug-likeness (QED) is 0.806. The highest BCUT2D eigenvalue weighted by molar-refractivity contribution is 6.33. The number of rotatable bonds is 3. The first-order chi connectivity index (χ1) is 11.1. The van der Waals surface area contributed by atoms with E-state index in [9.17, 15) is 9.59 Å². The third-order valence-corrected chi connectivity index (χ3v) is 4.06. The maximum absolute atomic E-state index is 12.3. The molecule has 1 aliphatic rings. The molecular formula is C15H16ClN5O2. The molecule has 7 nitrogen and oxygen atoms in total. The van der Waals surface area contributed by atoms with Gasteiger partial charge in [-0.05, 0) is 18.6 Å². The number of urea groups is 1. The Morgan fingerprint density at radius 1 is 1.30 bits per heavy atom. The number of halogens is 1. The van der Waals surface area contributed by atoms with Gasteiger partial charge >= 0.3 is 6.03 Å². The first-order valence-corrected chi connectivity index (χ1v) is 7.61. The van der Waals surface area contributed by atoms with Crippen molar-refractivity contribution in [3.05, 3.63) is 41.7 Å². The normalized spacial score (nSPS) is 17.1. The zero-order chi connectivity index (χ0) is 16.2. The monoisotopic (exact) mass is 333 g/mol. The smallest absolute Gasteiger partial charge is 0.321 e. The number of hydrogen-bond donors (Lipinski definition) is 3. The molecule has 1 fully saturated rings. The van der Waals surface area contributed by atoms with Gasteiger partial charge in [0.25, 0.3) is 0 Å². The minimum atomic E-state index is -0.253. The number of carbonyl (C=O) groups excluding carboxylic acids is 2. The summed E-state index contributed by atoms with van der Waals surface area (Å²) < 4.78 is 0. The number of para-hydroxylation sites is 1. The molecule has 0 radical (unpaired) electrons. The van der Waals surface area contributed by atoms with E-state index in [1.165, 1.54) is 6.20 Å². The van der Waals surface area contributed by atoms with Crippen LogP contribution in [0.25, 0.3) is 0 Å². The number of anilines is 2. The molecule has 1 saturated heterocycles. The molecule has 0 saturated carbocycles. The SMILES string of the molecule is O=C(Nc1cn[nH]c1)[C@H]1CCN(C(=O)Nc2ccccc2Cl)C1. The van der Waals surface area contributed by atoms with Crippen molar-refractivity contribution in [3.8, 4) is 0 Å². The number of H-pyrrole nitrogens is 1. The molecule has 0 bridgehead atoms. The summed E-state index contributed by atoms with van der Waals surface area (Å²) in [7, 11) is 0. The van der Waals surface area contributed by atoms with Crippen LogP contribution in [0.2, 0.25) is 5.02 Å². The number of amides is 3. The Balaban J connectivity index is 1.55. The van der Waals surface area contributed by atoms with Gasteiger partial charge in [0.15, 0.2) is 0 Å². The summed E-state index contributed by atoms with van der Waals surface area (Å²) in [5, 5.41) is 12.4. The number of hydrogen-bond acceptors (Lipinski definition) is 3. The maximum Gasteiger partial charge on any atom is 0.321 e. The van der Waals surface area contributed by atoms with Gasteiger partial charge in [-0.1, -0.05) is 23.7 Å². The average Bonchev–Trinajstić information content (AvgIpc) is 3.20. The summed E-state index contributed by atoms with van der Waals surface area (Å²) >= 11 is 6.03. The van der Waals surface area contributed by atoms with Crippen molar-refractivity contribution < 1.29 is 9.59 Å². The van der Waals surface area contributed by atoms with Crippen LogP contribution >= 0.6 is 11.6 Å². The lowest BCUT2D eigenvalue weighted by Crippen LogP contribution is -2.34.